The molecule has 0 bridgehead atoms. The molecule has 2 heterocycles. The number of nitrogens with one attached hydrogen (secondary N) is 2. The van der Waals surface area contributed by atoms with Crippen LogP contribution in [0.4, 0.5) is 5.13 Å². The van der Waals surface area contributed by atoms with Crippen molar-refractivity contribution < 1.29 is 4.79 Å². The summed E-state index contributed by atoms with van der Waals surface area (Å²) in [4.78, 5) is 16.5. The van der Waals surface area contributed by atoms with Crippen molar-refractivity contribution in [2.45, 2.75) is 6.42 Å². The van der Waals surface area contributed by atoms with Crippen LogP contribution in [0.1, 0.15) is 6.42 Å². The fourth-order valence-electron chi connectivity index (χ4n) is 2.17. The van der Waals surface area contributed by atoms with Crippen LogP contribution in [0.2, 0.25) is 0 Å². The average Bonchev–Trinajstić information content (AvgIpc) is 3.10. The number of benzene rings is 1. The number of nitrogens with zero attached hydrogens (tertiary/aromatic N) is 1. The first-order chi connectivity index (χ1) is 9.72. The van der Waals surface area contributed by atoms with Gasteiger partial charge in [-0.05, 0) is 47.7 Å². The van der Waals surface area contributed by atoms with Crippen LogP contribution in [0.3, 0.4) is 0 Å². The van der Waals surface area contributed by atoms with E-state index in [9.17, 15) is 4.79 Å². The standard InChI is InChI=1S/C14H14IN3OS/c15-11-3-1-9(2-4-11)12-8-20-14(17-12)18-13(19)10-5-6-16-7-10/h1-4,8,10,16H,5-7H2,(H,17,18,19). The highest BCUT2D eigenvalue weighted by Gasteiger charge is 2.23. The van der Waals surface area contributed by atoms with Crippen molar-refractivity contribution in [2.75, 3.05) is 18.4 Å². The Morgan fingerprint density at radius 3 is 2.90 bits per heavy atom. The molecule has 0 saturated carbocycles. The lowest BCUT2D eigenvalue weighted by molar-refractivity contribution is -0.119. The fourth-order valence-corrected chi connectivity index (χ4v) is 3.25. The molecule has 0 spiro atoms. The number of hydrogen-bond acceptors (Lipinski definition) is 4. The van der Waals surface area contributed by atoms with Crippen LogP contribution in [0, 0.1) is 9.49 Å². The van der Waals surface area contributed by atoms with Gasteiger partial charge in [-0.1, -0.05) is 12.1 Å². The molecule has 2 N–H and O–H groups in total. The van der Waals surface area contributed by atoms with E-state index in [0.29, 0.717) is 5.13 Å². The Kier molecular flexibility index (Phi) is 4.32. The van der Waals surface area contributed by atoms with E-state index >= 15 is 0 Å². The number of carbonyl (C=O) groups excluding carboxylic acids is 1. The molecule has 0 aliphatic carbocycles. The maximum Gasteiger partial charge on any atom is 0.230 e. The van der Waals surface area contributed by atoms with E-state index in [2.05, 4.69) is 50.3 Å². The number of rotatable bonds is 3. The lowest BCUT2D eigenvalue weighted by Gasteiger charge is -2.06. The molecule has 1 aromatic heterocycles. The zero-order chi connectivity index (χ0) is 13.9. The summed E-state index contributed by atoms with van der Waals surface area (Å²) in [6.45, 7) is 1.69. The van der Waals surface area contributed by atoms with Crippen LogP contribution in [-0.2, 0) is 4.79 Å². The number of halogens is 1. The summed E-state index contributed by atoms with van der Waals surface area (Å²) in [6.07, 6.45) is 0.904. The molecule has 6 heteroatoms. The number of hydrogen-bond donors (Lipinski definition) is 2. The van der Waals surface area contributed by atoms with Gasteiger partial charge in [-0.3, -0.25) is 4.79 Å². The second kappa shape index (κ2) is 6.19. The van der Waals surface area contributed by atoms with E-state index in [1.807, 2.05) is 17.5 Å². The molecule has 1 atom stereocenters. The van der Waals surface area contributed by atoms with Crippen molar-refractivity contribution in [3.8, 4) is 11.3 Å². The fraction of sp³-hybridized carbons (Fsp3) is 0.286. The Balaban J connectivity index is 1.70. The van der Waals surface area contributed by atoms with Crippen LogP contribution in [0.5, 0.6) is 0 Å². The summed E-state index contributed by atoms with van der Waals surface area (Å²) in [6, 6.07) is 8.20. The molecule has 0 radical (unpaired) electrons. The predicted octanol–water partition coefficient (Wildman–Crippen LogP) is 2.96. The highest BCUT2D eigenvalue weighted by Crippen LogP contribution is 2.26. The van der Waals surface area contributed by atoms with Gasteiger partial charge in [-0.25, -0.2) is 4.98 Å². The second-order valence-electron chi connectivity index (χ2n) is 4.72. The van der Waals surface area contributed by atoms with E-state index in [0.717, 1.165) is 30.8 Å². The van der Waals surface area contributed by atoms with Crippen molar-refractivity contribution in [3.63, 3.8) is 0 Å². The third kappa shape index (κ3) is 3.18. The molecular weight excluding hydrogens is 385 g/mol. The SMILES string of the molecule is O=C(Nc1nc(-c2ccc(I)cc2)cs1)C1CCNC1. The lowest BCUT2D eigenvalue weighted by Crippen LogP contribution is -2.24. The van der Waals surface area contributed by atoms with Gasteiger partial charge >= 0.3 is 0 Å². The third-order valence-corrected chi connectivity index (χ3v) is 4.78. The van der Waals surface area contributed by atoms with Crippen LogP contribution in [-0.4, -0.2) is 24.0 Å². The zero-order valence-corrected chi connectivity index (χ0v) is 13.7. The van der Waals surface area contributed by atoms with Gasteiger partial charge in [0.05, 0.1) is 11.6 Å². The predicted molar refractivity (Wildman–Crippen MR) is 89.9 cm³/mol. The first-order valence-corrected chi connectivity index (χ1v) is 8.41. The zero-order valence-electron chi connectivity index (χ0n) is 10.7. The van der Waals surface area contributed by atoms with Crippen molar-refractivity contribution in [2.24, 2.45) is 5.92 Å². The van der Waals surface area contributed by atoms with E-state index in [1.54, 1.807) is 0 Å². The van der Waals surface area contributed by atoms with Gasteiger partial charge in [-0.15, -0.1) is 11.3 Å². The van der Waals surface area contributed by atoms with Crippen LogP contribution in [0.15, 0.2) is 29.6 Å². The lowest BCUT2D eigenvalue weighted by atomic mass is 10.1. The molecule has 1 amide bonds. The van der Waals surface area contributed by atoms with Gasteiger partial charge in [0.2, 0.25) is 5.91 Å². The number of anilines is 1. The minimum absolute atomic E-state index is 0.0681. The van der Waals surface area contributed by atoms with Gasteiger partial charge in [0.15, 0.2) is 5.13 Å². The van der Waals surface area contributed by atoms with Crippen LogP contribution < -0.4 is 10.6 Å². The Morgan fingerprint density at radius 2 is 2.20 bits per heavy atom. The Labute approximate surface area is 135 Å². The molecule has 3 rings (SSSR count). The molecule has 2 aromatic rings. The molecule has 1 fully saturated rings. The molecule has 1 aliphatic rings. The maximum atomic E-state index is 12.0. The van der Waals surface area contributed by atoms with Gasteiger partial charge in [0.1, 0.15) is 0 Å². The van der Waals surface area contributed by atoms with Crippen molar-refractivity contribution in [1.29, 1.82) is 0 Å². The van der Waals surface area contributed by atoms with Crippen molar-refractivity contribution >= 4 is 45.0 Å². The second-order valence-corrected chi connectivity index (χ2v) is 6.83. The molecular formula is C14H14IN3OS. The number of carbonyl (C=O) groups is 1. The first-order valence-electron chi connectivity index (χ1n) is 6.45. The summed E-state index contributed by atoms with van der Waals surface area (Å²) in [5.41, 5.74) is 1.98. The first kappa shape index (κ1) is 14.0. The minimum atomic E-state index is 0.0681. The summed E-state index contributed by atoms with van der Waals surface area (Å²) in [7, 11) is 0. The molecule has 20 heavy (non-hydrogen) atoms. The highest BCUT2D eigenvalue weighted by atomic mass is 127. The van der Waals surface area contributed by atoms with Gasteiger partial charge in [0, 0.05) is 21.1 Å². The summed E-state index contributed by atoms with van der Waals surface area (Å²) < 4.78 is 1.20. The molecule has 1 unspecified atom stereocenters. The van der Waals surface area contributed by atoms with Gasteiger partial charge < -0.3 is 10.6 Å². The van der Waals surface area contributed by atoms with E-state index in [4.69, 9.17) is 0 Å². The smallest absolute Gasteiger partial charge is 0.230 e. The maximum absolute atomic E-state index is 12.0. The molecule has 1 aromatic carbocycles. The molecule has 104 valence electrons. The molecule has 1 saturated heterocycles. The minimum Gasteiger partial charge on any atom is -0.316 e. The molecule has 1 aliphatic heterocycles. The monoisotopic (exact) mass is 399 g/mol. The summed E-state index contributed by atoms with van der Waals surface area (Å²) >= 11 is 3.75. The Bertz CT molecular complexity index is 605. The third-order valence-electron chi connectivity index (χ3n) is 3.31. The topological polar surface area (TPSA) is 54.0 Å². The summed E-state index contributed by atoms with van der Waals surface area (Å²) in [5.74, 6) is 0.138. The van der Waals surface area contributed by atoms with E-state index in [-0.39, 0.29) is 11.8 Å². The van der Waals surface area contributed by atoms with E-state index in [1.165, 1.54) is 14.9 Å². The normalized spacial score (nSPS) is 18.1. The Hall–Kier alpha value is -0.990. The highest BCUT2D eigenvalue weighted by molar-refractivity contribution is 14.1. The van der Waals surface area contributed by atoms with Crippen LogP contribution in [0.25, 0.3) is 11.3 Å². The number of thiazole rings is 1. The van der Waals surface area contributed by atoms with Gasteiger partial charge in [-0.2, -0.15) is 0 Å². The number of amides is 1. The number of aromatic nitrogens is 1. The van der Waals surface area contributed by atoms with E-state index < -0.39 is 0 Å². The quantitative estimate of drug-likeness (QED) is 0.781. The summed E-state index contributed by atoms with van der Waals surface area (Å²) in [5, 5.41) is 8.76. The Morgan fingerprint density at radius 1 is 1.40 bits per heavy atom. The largest absolute Gasteiger partial charge is 0.316 e. The van der Waals surface area contributed by atoms with Gasteiger partial charge in [0.25, 0.3) is 0 Å². The van der Waals surface area contributed by atoms with Crippen molar-refractivity contribution in [3.05, 3.63) is 33.2 Å². The molecule has 4 nitrogen and oxygen atoms in total. The van der Waals surface area contributed by atoms with Crippen LogP contribution >= 0.6 is 33.9 Å². The average molecular weight is 399 g/mol. The van der Waals surface area contributed by atoms with Crippen molar-refractivity contribution in [1.82, 2.24) is 10.3 Å².